The molecule has 394 valence electrons. The van der Waals surface area contributed by atoms with Gasteiger partial charge in [0.05, 0.1) is 59.2 Å². The van der Waals surface area contributed by atoms with E-state index in [-0.39, 0.29) is 42.8 Å². The fourth-order valence-electron chi connectivity index (χ4n) is 11.1. The molecule has 1 unspecified atom stereocenters. The first kappa shape index (κ1) is 57.0. The van der Waals surface area contributed by atoms with Crippen LogP contribution in [0.3, 0.4) is 0 Å². The molecular formula is C49H83N5O14S. The van der Waals surface area contributed by atoms with Crippen LogP contribution in [0.25, 0.3) is 0 Å². The van der Waals surface area contributed by atoms with Crippen LogP contribution in [0.15, 0.2) is 35.4 Å². The van der Waals surface area contributed by atoms with E-state index in [4.69, 9.17) is 28.4 Å². The second-order valence-corrected chi connectivity index (χ2v) is 23.3. The van der Waals surface area contributed by atoms with Gasteiger partial charge in [-0.15, -0.1) is 5.10 Å². The van der Waals surface area contributed by atoms with Gasteiger partial charge >= 0.3 is 5.97 Å². The molecule has 20 heteroatoms. The summed E-state index contributed by atoms with van der Waals surface area (Å²) >= 11 is 0. The molecule has 3 aliphatic rings. The van der Waals surface area contributed by atoms with Gasteiger partial charge in [0.15, 0.2) is 16.1 Å². The molecule has 0 bridgehead atoms. The third-order valence-electron chi connectivity index (χ3n) is 15.4. The number of aliphatic hydroxyl groups is 5. The van der Waals surface area contributed by atoms with Gasteiger partial charge in [-0.3, -0.25) is 14.4 Å². The Morgan fingerprint density at radius 3 is 2.23 bits per heavy atom. The van der Waals surface area contributed by atoms with Crippen molar-refractivity contribution in [2.75, 3.05) is 40.6 Å². The molecule has 3 saturated heterocycles. The predicted molar refractivity (Wildman–Crippen MR) is 256 cm³/mol. The van der Waals surface area contributed by atoms with Crippen LogP contribution in [0.2, 0.25) is 0 Å². The van der Waals surface area contributed by atoms with Gasteiger partial charge < -0.3 is 58.9 Å². The molecular weight excluding hydrogens is 915 g/mol. The van der Waals surface area contributed by atoms with Gasteiger partial charge in [-0.1, -0.05) is 32.9 Å². The number of sulfone groups is 1. The number of carbonyl (C=O) groups is 1. The van der Waals surface area contributed by atoms with Crippen LogP contribution in [0.4, 0.5) is 0 Å². The van der Waals surface area contributed by atoms with Gasteiger partial charge in [0.2, 0.25) is 0 Å². The molecule has 3 fully saturated rings. The van der Waals surface area contributed by atoms with Crippen molar-refractivity contribution in [1.29, 1.82) is 0 Å². The summed E-state index contributed by atoms with van der Waals surface area (Å²) in [6, 6.07) is 5.13. The molecule has 0 saturated carbocycles. The number of rotatable bonds is 13. The Kier molecular flexibility index (Phi) is 18.9. The molecule has 0 amide bonds. The van der Waals surface area contributed by atoms with Crippen LogP contribution in [0.1, 0.15) is 101 Å². The normalized spacial score (nSPS) is 40.5. The SMILES string of the molecule is CC[C@H]1OC(=O)[C@H](C)C([C@H]2C[C@@](C)(OC)[C@@H](O)[C@H](C)O2)[C@H](C)[C@@H](O[C@@H]2O[C@H](C)C[C@H](N(C)CCn3cc(COc4ccc(S(C)(=O)=O)cc4)nn3)[C@H]2O)[C@](C)(O)C[C@@H](C)CN(C)[C@H](C)[C@@H](O)[C@]1(C)O. The van der Waals surface area contributed by atoms with Crippen LogP contribution < -0.4 is 4.74 Å². The number of esters is 1. The van der Waals surface area contributed by atoms with E-state index >= 15 is 0 Å². The van der Waals surface area contributed by atoms with Gasteiger partial charge in [0.25, 0.3) is 0 Å². The van der Waals surface area contributed by atoms with Crippen molar-refractivity contribution in [1.82, 2.24) is 24.8 Å². The highest BCUT2D eigenvalue weighted by molar-refractivity contribution is 7.90. The van der Waals surface area contributed by atoms with Crippen molar-refractivity contribution in [3.63, 3.8) is 0 Å². The minimum atomic E-state index is -3.33. The van der Waals surface area contributed by atoms with Crippen molar-refractivity contribution in [3.05, 3.63) is 36.2 Å². The summed E-state index contributed by atoms with van der Waals surface area (Å²) < 4.78 is 63.2. The van der Waals surface area contributed by atoms with Crippen molar-refractivity contribution in [2.45, 2.75) is 197 Å². The van der Waals surface area contributed by atoms with Gasteiger partial charge in [-0.05, 0) is 111 Å². The van der Waals surface area contributed by atoms with E-state index in [1.807, 2.05) is 44.7 Å². The van der Waals surface area contributed by atoms with E-state index in [9.17, 15) is 38.7 Å². The first-order valence-corrected chi connectivity index (χ1v) is 26.4. The third kappa shape index (κ3) is 13.4. The Balaban J connectivity index is 1.43. The number of benzene rings is 1. The van der Waals surface area contributed by atoms with Gasteiger partial charge in [-0.25, -0.2) is 8.42 Å². The van der Waals surface area contributed by atoms with E-state index in [1.165, 1.54) is 26.2 Å². The zero-order chi connectivity index (χ0) is 51.6. The first-order valence-electron chi connectivity index (χ1n) is 24.5. The summed E-state index contributed by atoms with van der Waals surface area (Å²) in [5.74, 6) is -2.73. The molecule has 1 aromatic carbocycles. The van der Waals surface area contributed by atoms with Gasteiger partial charge in [-0.2, -0.15) is 0 Å². The van der Waals surface area contributed by atoms with Crippen LogP contribution >= 0.6 is 0 Å². The summed E-state index contributed by atoms with van der Waals surface area (Å²) in [7, 11) is 1.93. The third-order valence-corrected chi connectivity index (χ3v) is 16.5. The average Bonchev–Trinajstić information content (AvgIpc) is 3.74. The number of methoxy groups -OCH3 is 1. The quantitative estimate of drug-likeness (QED) is 0.181. The van der Waals surface area contributed by atoms with Gasteiger partial charge in [0, 0.05) is 50.9 Å². The summed E-state index contributed by atoms with van der Waals surface area (Å²) in [5.41, 5.74) is -3.93. The lowest BCUT2D eigenvalue weighted by Gasteiger charge is -2.51. The maximum atomic E-state index is 14.6. The maximum Gasteiger partial charge on any atom is 0.309 e. The molecule has 2 aromatic rings. The standard InChI is InChI=1S/C49H83N5O14S/c1-15-39-49(10,60)42(56)32(6)53(12)25-28(2)23-47(8,59)44(30(4)40(31(5)45(58)67-39)38-24-48(9,63-13)43(57)33(7)66-38)68-46-41(55)37(22-29(3)65-46)52(11)20-21-54-26-34(50-51-54)27-64-35-16-18-36(19-17-35)69(14,61)62/h16-19,26,28-33,37-44,46,55-57,59-60H,15,20-25,27H2,1-14H3/t28-,29-,30+,31-,32-,33+,37+,38-,39-,40?,41-,42-,43+,44-,46+,47-,48-,49-/m1/s1. The van der Waals surface area contributed by atoms with Crippen molar-refractivity contribution < 1.29 is 67.2 Å². The Morgan fingerprint density at radius 2 is 1.62 bits per heavy atom. The minimum absolute atomic E-state index is 0.117. The maximum absolute atomic E-state index is 14.6. The Hall–Kier alpha value is -2.86. The summed E-state index contributed by atoms with van der Waals surface area (Å²) in [5, 5.41) is 68.4. The Labute approximate surface area is 409 Å². The molecule has 19 nitrogen and oxygen atoms in total. The summed E-state index contributed by atoms with van der Waals surface area (Å²) in [4.78, 5) is 18.7. The lowest BCUT2D eigenvalue weighted by molar-refractivity contribution is -0.303. The number of likely N-dealkylation sites (N-methyl/N-ethyl adjacent to an activating group) is 2. The first-order chi connectivity index (χ1) is 32.0. The fraction of sp³-hybridized carbons (Fsp3) is 0.816. The van der Waals surface area contributed by atoms with Crippen LogP contribution in [0.5, 0.6) is 5.75 Å². The van der Waals surface area contributed by atoms with Crippen LogP contribution in [0, 0.1) is 23.7 Å². The molecule has 3 aliphatic heterocycles. The molecule has 1 aromatic heterocycles. The van der Waals surface area contributed by atoms with Crippen LogP contribution in [-0.4, -0.2) is 189 Å². The van der Waals surface area contributed by atoms with E-state index in [2.05, 4.69) is 10.3 Å². The molecule has 5 N–H and O–H groups in total. The number of cyclic esters (lactones) is 1. The van der Waals surface area contributed by atoms with Crippen molar-refractivity contribution in [3.8, 4) is 5.75 Å². The molecule has 5 rings (SSSR count). The van der Waals surface area contributed by atoms with Crippen molar-refractivity contribution in [2.24, 2.45) is 23.7 Å². The Morgan fingerprint density at radius 1 is 0.971 bits per heavy atom. The smallest absolute Gasteiger partial charge is 0.309 e. The number of hydrogen-bond donors (Lipinski definition) is 5. The number of ether oxygens (including phenoxy) is 6. The average molecular weight is 998 g/mol. The lowest BCUT2D eigenvalue weighted by atomic mass is 9.68. The van der Waals surface area contributed by atoms with Crippen molar-refractivity contribution >= 4 is 15.8 Å². The van der Waals surface area contributed by atoms with Gasteiger partial charge in [0.1, 0.15) is 48.1 Å². The minimum Gasteiger partial charge on any atom is -0.487 e. The molecule has 0 radical (unpaired) electrons. The largest absolute Gasteiger partial charge is 0.487 e. The zero-order valence-corrected chi connectivity index (χ0v) is 44.1. The highest BCUT2D eigenvalue weighted by Gasteiger charge is 2.55. The monoisotopic (exact) mass is 998 g/mol. The zero-order valence-electron chi connectivity index (χ0n) is 43.3. The van der Waals surface area contributed by atoms with E-state index in [0.29, 0.717) is 37.5 Å². The highest BCUT2D eigenvalue weighted by atomic mass is 32.2. The van der Waals surface area contributed by atoms with E-state index in [0.717, 1.165) is 6.26 Å². The summed E-state index contributed by atoms with van der Waals surface area (Å²) in [6.45, 7) is 19.2. The van der Waals surface area contributed by atoms with Crippen LogP contribution in [-0.2, 0) is 51.5 Å². The molecule has 0 spiro atoms. The highest BCUT2D eigenvalue weighted by Crippen LogP contribution is 2.45. The predicted octanol–water partition coefficient (Wildman–Crippen LogP) is 2.82. The van der Waals surface area contributed by atoms with E-state index in [1.54, 1.807) is 64.6 Å². The Bertz CT molecular complexity index is 2080. The molecule has 0 aliphatic carbocycles. The molecule has 4 heterocycles. The second kappa shape index (κ2) is 22.9. The number of hydrogen-bond acceptors (Lipinski definition) is 18. The lowest BCUT2D eigenvalue weighted by Crippen LogP contribution is -2.62. The molecule has 18 atom stereocenters. The number of aliphatic hydroxyl groups excluding tert-OH is 3. The number of aromatic nitrogens is 3. The molecule has 69 heavy (non-hydrogen) atoms. The fourth-order valence-corrected chi connectivity index (χ4v) is 11.7. The number of nitrogens with zero attached hydrogens (tertiary/aromatic N) is 5. The second-order valence-electron chi connectivity index (χ2n) is 21.3. The van der Waals surface area contributed by atoms with E-state index < -0.39 is 111 Å². The topological polar surface area (TPSA) is 245 Å². The number of carbonyl (C=O) groups excluding carboxylic acids is 1. The summed E-state index contributed by atoms with van der Waals surface area (Å²) in [6.07, 6.45) is -4.68.